The van der Waals surface area contributed by atoms with Gasteiger partial charge in [0.05, 0.1) is 13.2 Å². The van der Waals surface area contributed by atoms with Gasteiger partial charge in [-0.2, -0.15) is 0 Å². The van der Waals surface area contributed by atoms with E-state index in [0.717, 1.165) is 11.1 Å². The summed E-state index contributed by atoms with van der Waals surface area (Å²) in [6.45, 7) is 1.12. The van der Waals surface area contributed by atoms with Gasteiger partial charge >= 0.3 is 0 Å². The number of rotatable bonds is 6. The van der Waals surface area contributed by atoms with Crippen LogP contribution < -0.4 is 0 Å². The lowest BCUT2D eigenvalue weighted by Crippen LogP contribution is -2.02. The number of hydrogen-bond donors (Lipinski definition) is 0. The highest BCUT2D eigenvalue weighted by atomic mass is 19.1. The van der Waals surface area contributed by atoms with Crippen molar-refractivity contribution in [2.75, 3.05) is 13.2 Å². The molecule has 1 aliphatic rings. The van der Waals surface area contributed by atoms with Crippen molar-refractivity contribution in [1.82, 2.24) is 0 Å². The standard InChI is InChI=1S/C18H17FO2/c19-16-10-8-15(9-11-16)18-17(21-18)13-20-12-4-7-14-5-2-1-3-6-14/h1-11,17-18H,12-13H2/b7-4+/t17-,18-/m0/s1. The second kappa shape index (κ2) is 6.66. The van der Waals surface area contributed by atoms with Crippen LogP contribution in [0.5, 0.6) is 0 Å². The first-order valence-electron chi connectivity index (χ1n) is 7.03. The quantitative estimate of drug-likeness (QED) is 0.591. The third-order valence-corrected chi connectivity index (χ3v) is 3.39. The van der Waals surface area contributed by atoms with Crippen molar-refractivity contribution in [2.45, 2.75) is 12.2 Å². The Kier molecular flexibility index (Phi) is 4.43. The first kappa shape index (κ1) is 14.0. The van der Waals surface area contributed by atoms with Gasteiger partial charge in [0, 0.05) is 0 Å². The van der Waals surface area contributed by atoms with E-state index in [-0.39, 0.29) is 18.0 Å². The summed E-state index contributed by atoms with van der Waals surface area (Å²) in [5.74, 6) is -0.224. The lowest BCUT2D eigenvalue weighted by atomic mass is 10.1. The molecule has 0 radical (unpaired) electrons. The van der Waals surface area contributed by atoms with Gasteiger partial charge in [-0.1, -0.05) is 54.6 Å². The van der Waals surface area contributed by atoms with Crippen LogP contribution in [0, 0.1) is 5.82 Å². The summed E-state index contributed by atoms with van der Waals surface area (Å²) in [4.78, 5) is 0. The maximum absolute atomic E-state index is 12.8. The maximum Gasteiger partial charge on any atom is 0.123 e. The normalized spacial score (nSPS) is 20.8. The molecule has 108 valence electrons. The van der Waals surface area contributed by atoms with Gasteiger partial charge in [0.1, 0.15) is 18.0 Å². The molecule has 0 aromatic heterocycles. The van der Waals surface area contributed by atoms with Gasteiger partial charge in [0.25, 0.3) is 0 Å². The summed E-state index contributed by atoms with van der Waals surface area (Å²) in [6.07, 6.45) is 4.15. The van der Waals surface area contributed by atoms with Crippen molar-refractivity contribution in [3.63, 3.8) is 0 Å². The molecule has 0 amide bonds. The molecule has 2 nitrogen and oxygen atoms in total. The lowest BCUT2D eigenvalue weighted by molar-refractivity contribution is 0.141. The van der Waals surface area contributed by atoms with Crippen LogP contribution in [0.3, 0.4) is 0 Å². The van der Waals surface area contributed by atoms with E-state index in [1.54, 1.807) is 12.1 Å². The summed E-state index contributed by atoms with van der Waals surface area (Å²) in [6, 6.07) is 16.5. The second-order valence-electron chi connectivity index (χ2n) is 5.00. The van der Waals surface area contributed by atoms with Crippen LogP contribution in [0.2, 0.25) is 0 Å². The molecule has 0 N–H and O–H groups in total. The number of benzene rings is 2. The van der Waals surface area contributed by atoms with Gasteiger partial charge in [-0.3, -0.25) is 0 Å². The molecule has 1 aliphatic heterocycles. The minimum Gasteiger partial charge on any atom is -0.375 e. The van der Waals surface area contributed by atoms with Crippen LogP contribution in [-0.4, -0.2) is 19.3 Å². The molecule has 1 fully saturated rings. The fourth-order valence-electron chi connectivity index (χ4n) is 2.22. The second-order valence-corrected chi connectivity index (χ2v) is 5.00. The smallest absolute Gasteiger partial charge is 0.123 e. The van der Waals surface area contributed by atoms with Gasteiger partial charge in [-0.05, 0) is 23.3 Å². The van der Waals surface area contributed by atoms with E-state index in [1.165, 1.54) is 12.1 Å². The Labute approximate surface area is 123 Å². The Balaban J connectivity index is 1.38. The van der Waals surface area contributed by atoms with E-state index in [4.69, 9.17) is 9.47 Å². The molecule has 1 heterocycles. The van der Waals surface area contributed by atoms with Crippen LogP contribution in [0.4, 0.5) is 4.39 Å². The summed E-state index contributed by atoms with van der Waals surface area (Å²) in [5, 5.41) is 0. The number of hydrogen-bond acceptors (Lipinski definition) is 2. The highest BCUT2D eigenvalue weighted by Crippen LogP contribution is 2.38. The van der Waals surface area contributed by atoms with E-state index in [0.29, 0.717) is 13.2 Å². The molecule has 2 aromatic carbocycles. The number of halogens is 1. The van der Waals surface area contributed by atoms with Gasteiger partial charge < -0.3 is 9.47 Å². The van der Waals surface area contributed by atoms with Crippen LogP contribution in [0.15, 0.2) is 60.7 Å². The first-order chi connectivity index (χ1) is 10.3. The van der Waals surface area contributed by atoms with E-state index in [1.807, 2.05) is 42.5 Å². The summed E-state index contributed by atoms with van der Waals surface area (Å²) >= 11 is 0. The van der Waals surface area contributed by atoms with Crippen molar-refractivity contribution in [1.29, 1.82) is 0 Å². The predicted octanol–water partition coefficient (Wildman–Crippen LogP) is 4.00. The third kappa shape index (κ3) is 4.00. The minimum absolute atomic E-state index is 0.0451. The predicted molar refractivity (Wildman–Crippen MR) is 80.3 cm³/mol. The van der Waals surface area contributed by atoms with Crippen LogP contribution in [0.1, 0.15) is 17.2 Å². The van der Waals surface area contributed by atoms with E-state index < -0.39 is 0 Å². The monoisotopic (exact) mass is 284 g/mol. The summed E-state index contributed by atoms with van der Waals surface area (Å²) in [7, 11) is 0. The molecule has 2 atom stereocenters. The van der Waals surface area contributed by atoms with Crippen LogP contribution in [0.25, 0.3) is 6.08 Å². The lowest BCUT2D eigenvalue weighted by Gasteiger charge is -1.98. The molecule has 2 aromatic rings. The number of epoxide rings is 1. The molecule has 0 spiro atoms. The van der Waals surface area contributed by atoms with E-state index in [2.05, 4.69) is 0 Å². The SMILES string of the molecule is Fc1ccc([C@@H]2O[C@H]2COC/C=C/c2ccccc2)cc1. The Morgan fingerprint density at radius 3 is 2.57 bits per heavy atom. The molecule has 0 unspecified atom stereocenters. The van der Waals surface area contributed by atoms with Crippen molar-refractivity contribution in [3.05, 3.63) is 77.6 Å². The van der Waals surface area contributed by atoms with E-state index in [9.17, 15) is 4.39 Å². The zero-order valence-corrected chi connectivity index (χ0v) is 11.6. The van der Waals surface area contributed by atoms with Crippen molar-refractivity contribution < 1.29 is 13.9 Å². The first-order valence-corrected chi connectivity index (χ1v) is 7.03. The van der Waals surface area contributed by atoms with Crippen molar-refractivity contribution in [3.8, 4) is 0 Å². The zero-order chi connectivity index (χ0) is 14.5. The Hall–Kier alpha value is -1.97. The largest absolute Gasteiger partial charge is 0.375 e. The molecular formula is C18H17FO2. The van der Waals surface area contributed by atoms with Gasteiger partial charge in [0.2, 0.25) is 0 Å². The average Bonchev–Trinajstić information content (AvgIpc) is 3.28. The van der Waals surface area contributed by atoms with Crippen molar-refractivity contribution >= 4 is 6.08 Å². The molecule has 1 saturated heterocycles. The van der Waals surface area contributed by atoms with Gasteiger partial charge in [0.15, 0.2) is 0 Å². The summed E-state index contributed by atoms with van der Waals surface area (Å²) in [5.41, 5.74) is 2.16. The van der Waals surface area contributed by atoms with E-state index >= 15 is 0 Å². The fourth-order valence-corrected chi connectivity index (χ4v) is 2.22. The molecule has 0 bridgehead atoms. The molecular weight excluding hydrogens is 267 g/mol. The minimum atomic E-state index is -0.224. The Bertz CT molecular complexity index is 592. The Morgan fingerprint density at radius 1 is 1.05 bits per heavy atom. The van der Waals surface area contributed by atoms with Crippen LogP contribution >= 0.6 is 0 Å². The Morgan fingerprint density at radius 2 is 1.81 bits per heavy atom. The molecule has 3 rings (SSSR count). The molecule has 3 heteroatoms. The van der Waals surface area contributed by atoms with Gasteiger partial charge in [-0.15, -0.1) is 0 Å². The van der Waals surface area contributed by atoms with Crippen molar-refractivity contribution in [2.24, 2.45) is 0 Å². The zero-order valence-electron chi connectivity index (χ0n) is 11.6. The molecule has 0 saturated carbocycles. The highest BCUT2D eigenvalue weighted by molar-refractivity contribution is 5.48. The average molecular weight is 284 g/mol. The van der Waals surface area contributed by atoms with Crippen LogP contribution in [-0.2, 0) is 9.47 Å². The fraction of sp³-hybridized carbons (Fsp3) is 0.222. The highest BCUT2D eigenvalue weighted by Gasteiger charge is 2.40. The van der Waals surface area contributed by atoms with Gasteiger partial charge in [-0.25, -0.2) is 4.39 Å². The topological polar surface area (TPSA) is 21.8 Å². The number of ether oxygens (including phenoxy) is 2. The molecule has 21 heavy (non-hydrogen) atoms. The third-order valence-electron chi connectivity index (χ3n) is 3.39. The molecule has 0 aliphatic carbocycles. The maximum atomic E-state index is 12.8. The summed E-state index contributed by atoms with van der Waals surface area (Å²) < 4.78 is 23.9.